The molecule has 2 aliphatic heterocycles. The lowest BCUT2D eigenvalue weighted by Crippen LogP contribution is -3.11. The molecule has 1 fully saturated rings. The molecule has 0 aliphatic carbocycles. The second-order valence-corrected chi connectivity index (χ2v) is 5.90. The van der Waals surface area contributed by atoms with Crippen LogP contribution in [0.5, 0.6) is 0 Å². The van der Waals surface area contributed by atoms with Gasteiger partial charge in [0.25, 0.3) is 0 Å². The molecule has 0 bridgehead atoms. The highest BCUT2D eigenvalue weighted by atomic mass is 15.2. The van der Waals surface area contributed by atoms with E-state index in [0.717, 1.165) is 6.04 Å². The van der Waals surface area contributed by atoms with Crippen molar-refractivity contribution in [2.45, 2.75) is 24.8 Å². The molecule has 0 spiro atoms. The SMILES string of the molecule is c1ccc([C@@H]2C[NH+]3CCC[C@H]3c3ccccc32)cc1. The summed E-state index contributed by atoms with van der Waals surface area (Å²) < 4.78 is 0. The predicted molar refractivity (Wildman–Crippen MR) is 77.4 cm³/mol. The Balaban J connectivity index is 1.83. The summed E-state index contributed by atoms with van der Waals surface area (Å²) in [6, 6.07) is 20.9. The van der Waals surface area contributed by atoms with E-state index in [1.54, 1.807) is 16.0 Å². The summed E-state index contributed by atoms with van der Waals surface area (Å²) in [7, 11) is 0. The Hall–Kier alpha value is -1.60. The first-order chi connectivity index (χ1) is 9.43. The first-order valence-corrected chi connectivity index (χ1v) is 7.42. The molecule has 1 heteroatoms. The van der Waals surface area contributed by atoms with E-state index in [2.05, 4.69) is 54.6 Å². The van der Waals surface area contributed by atoms with Crippen molar-refractivity contribution in [2.75, 3.05) is 13.1 Å². The van der Waals surface area contributed by atoms with Crippen molar-refractivity contribution < 1.29 is 4.90 Å². The third-order valence-electron chi connectivity index (χ3n) is 4.90. The van der Waals surface area contributed by atoms with Gasteiger partial charge in [-0.05, 0) is 11.1 Å². The lowest BCUT2D eigenvalue weighted by atomic mass is 9.82. The van der Waals surface area contributed by atoms with E-state index >= 15 is 0 Å². The summed E-state index contributed by atoms with van der Waals surface area (Å²) >= 11 is 0. The Morgan fingerprint density at radius 3 is 2.42 bits per heavy atom. The molecule has 2 heterocycles. The van der Waals surface area contributed by atoms with E-state index in [1.165, 1.54) is 31.5 Å². The lowest BCUT2D eigenvalue weighted by molar-refractivity contribution is -0.921. The molecule has 19 heavy (non-hydrogen) atoms. The van der Waals surface area contributed by atoms with Crippen LogP contribution in [-0.2, 0) is 0 Å². The van der Waals surface area contributed by atoms with Gasteiger partial charge in [-0.1, -0.05) is 54.6 Å². The molecule has 96 valence electrons. The minimum atomic E-state index is 0.585. The molecule has 1 N–H and O–H groups in total. The maximum Gasteiger partial charge on any atom is 0.114 e. The van der Waals surface area contributed by atoms with Crippen LogP contribution in [0.1, 0.15) is 41.5 Å². The lowest BCUT2D eigenvalue weighted by Gasteiger charge is -2.34. The molecule has 3 atom stereocenters. The van der Waals surface area contributed by atoms with Crippen molar-refractivity contribution in [1.82, 2.24) is 0 Å². The molecule has 1 saturated heterocycles. The van der Waals surface area contributed by atoms with Gasteiger partial charge in [0.05, 0.1) is 19.0 Å². The summed E-state index contributed by atoms with van der Waals surface area (Å²) in [4.78, 5) is 1.80. The summed E-state index contributed by atoms with van der Waals surface area (Å²) in [5, 5.41) is 0. The number of quaternary nitrogens is 1. The highest BCUT2D eigenvalue weighted by Crippen LogP contribution is 2.35. The molecule has 2 aromatic rings. The van der Waals surface area contributed by atoms with Gasteiger partial charge in [0.15, 0.2) is 0 Å². The fourth-order valence-electron chi connectivity index (χ4n) is 4.03. The van der Waals surface area contributed by atoms with Crippen LogP contribution in [0, 0.1) is 0 Å². The highest BCUT2D eigenvalue weighted by molar-refractivity contribution is 5.40. The van der Waals surface area contributed by atoms with Crippen LogP contribution in [0.2, 0.25) is 0 Å². The minimum Gasteiger partial charge on any atom is -0.328 e. The molecule has 1 nitrogen and oxygen atoms in total. The molecule has 0 saturated carbocycles. The van der Waals surface area contributed by atoms with E-state index in [1.807, 2.05) is 0 Å². The van der Waals surface area contributed by atoms with Gasteiger partial charge in [-0.15, -0.1) is 0 Å². The largest absolute Gasteiger partial charge is 0.328 e. The van der Waals surface area contributed by atoms with Gasteiger partial charge in [-0.25, -0.2) is 0 Å². The smallest absolute Gasteiger partial charge is 0.114 e. The summed E-state index contributed by atoms with van der Waals surface area (Å²) in [6.45, 7) is 2.62. The number of hydrogen-bond acceptors (Lipinski definition) is 0. The first-order valence-electron chi connectivity index (χ1n) is 7.42. The van der Waals surface area contributed by atoms with Crippen LogP contribution >= 0.6 is 0 Å². The number of hydrogen-bond donors (Lipinski definition) is 1. The van der Waals surface area contributed by atoms with Gasteiger partial charge < -0.3 is 4.90 Å². The Kier molecular flexibility index (Phi) is 2.66. The minimum absolute atomic E-state index is 0.585. The van der Waals surface area contributed by atoms with Gasteiger partial charge in [0, 0.05) is 18.4 Å². The Labute approximate surface area is 114 Å². The van der Waals surface area contributed by atoms with Gasteiger partial charge in [-0.2, -0.15) is 0 Å². The number of benzene rings is 2. The predicted octanol–water partition coefficient (Wildman–Crippen LogP) is 2.55. The zero-order valence-electron chi connectivity index (χ0n) is 11.2. The second kappa shape index (κ2) is 4.50. The van der Waals surface area contributed by atoms with E-state index in [-0.39, 0.29) is 0 Å². The Bertz CT molecular complexity index is 575. The number of fused-ring (bicyclic) bond motifs is 3. The van der Waals surface area contributed by atoms with Crippen LogP contribution in [-0.4, -0.2) is 13.1 Å². The van der Waals surface area contributed by atoms with Crippen LogP contribution in [0.25, 0.3) is 0 Å². The average Bonchev–Trinajstić information content (AvgIpc) is 2.96. The molecule has 2 aromatic carbocycles. The van der Waals surface area contributed by atoms with Crippen molar-refractivity contribution in [3.8, 4) is 0 Å². The average molecular weight is 250 g/mol. The summed E-state index contributed by atoms with van der Waals surface area (Å²) in [5.74, 6) is 0.585. The standard InChI is InChI=1S/C18H19N/c1-2-7-14(8-3-1)17-13-19-12-6-11-18(19)16-10-5-4-9-15(16)17/h1-5,7-10,17-18H,6,11-13H2/p+1/t17-,18-/m0/s1. The fraction of sp³-hybridized carbons (Fsp3) is 0.333. The third-order valence-corrected chi connectivity index (χ3v) is 4.90. The third kappa shape index (κ3) is 1.81. The molecule has 2 aliphatic rings. The van der Waals surface area contributed by atoms with E-state index < -0.39 is 0 Å². The monoisotopic (exact) mass is 250 g/mol. The van der Waals surface area contributed by atoms with Crippen molar-refractivity contribution in [1.29, 1.82) is 0 Å². The number of rotatable bonds is 1. The van der Waals surface area contributed by atoms with Crippen molar-refractivity contribution >= 4 is 0 Å². The van der Waals surface area contributed by atoms with Gasteiger partial charge in [-0.3, -0.25) is 0 Å². The Morgan fingerprint density at radius 1 is 0.842 bits per heavy atom. The quantitative estimate of drug-likeness (QED) is 0.793. The topological polar surface area (TPSA) is 4.44 Å². The maximum atomic E-state index is 2.36. The van der Waals surface area contributed by atoms with Crippen molar-refractivity contribution in [2.24, 2.45) is 0 Å². The second-order valence-electron chi connectivity index (χ2n) is 5.90. The zero-order chi connectivity index (χ0) is 12.7. The summed E-state index contributed by atoms with van der Waals surface area (Å²) in [5.41, 5.74) is 4.66. The summed E-state index contributed by atoms with van der Waals surface area (Å²) in [6.07, 6.45) is 2.75. The van der Waals surface area contributed by atoms with Gasteiger partial charge >= 0.3 is 0 Å². The molecule has 4 rings (SSSR count). The zero-order valence-corrected chi connectivity index (χ0v) is 11.2. The number of nitrogens with one attached hydrogen (secondary N) is 1. The van der Waals surface area contributed by atoms with Crippen LogP contribution in [0.4, 0.5) is 0 Å². The molecule has 0 amide bonds. The van der Waals surface area contributed by atoms with Gasteiger partial charge in [0.2, 0.25) is 0 Å². The highest BCUT2D eigenvalue weighted by Gasteiger charge is 2.39. The molecular formula is C18H20N+. The molecule has 0 radical (unpaired) electrons. The van der Waals surface area contributed by atoms with E-state index in [9.17, 15) is 0 Å². The fourth-order valence-corrected chi connectivity index (χ4v) is 4.03. The van der Waals surface area contributed by atoms with E-state index in [4.69, 9.17) is 0 Å². The molecular weight excluding hydrogens is 230 g/mol. The van der Waals surface area contributed by atoms with Gasteiger partial charge in [0.1, 0.15) is 6.04 Å². The first kappa shape index (κ1) is 11.2. The van der Waals surface area contributed by atoms with Crippen LogP contribution < -0.4 is 4.90 Å². The maximum absolute atomic E-state index is 2.36. The molecule has 1 unspecified atom stereocenters. The van der Waals surface area contributed by atoms with Crippen LogP contribution in [0.15, 0.2) is 54.6 Å². The van der Waals surface area contributed by atoms with Crippen molar-refractivity contribution in [3.63, 3.8) is 0 Å². The van der Waals surface area contributed by atoms with Crippen LogP contribution in [0.3, 0.4) is 0 Å². The Morgan fingerprint density at radius 2 is 1.58 bits per heavy atom. The normalized spacial score (nSPS) is 28.7. The van der Waals surface area contributed by atoms with Crippen molar-refractivity contribution in [3.05, 3.63) is 71.3 Å². The van der Waals surface area contributed by atoms with E-state index in [0.29, 0.717) is 5.92 Å². The molecule has 0 aromatic heterocycles.